The largest absolute Gasteiger partial charge is 0.497 e. The molecule has 0 atom stereocenters. The molecular weight excluding hydrogens is 579 g/mol. The first-order valence-electron chi connectivity index (χ1n) is 15.3. The number of hydrogen-bond acceptors (Lipinski definition) is 6. The molecular formula is C34H41FN4O4S. The number of aliphatic imine (C=N–C) groups is 1. The maximum absolute atomic E-state index is 14.4. The lowest BCUT2D eigenvalue weighted by atomic mass is 10.0. The van der Waals surface area contributed by atoms with E-state index in [1.54, 1.807) is 53.4 Å². The Morgan fingerprint density at radius 2 is 1.70 bits per heavy atom. The molecule has 44 heavy (non-hydrogen) atoms. The summed E-state index contributed by atoms with van der Waals surface area (Å²) in [6.45, 7) is 4.61. The van der Waals surface area contributed by atoms with Crippen molar-refractivity contribution in [3.63, 3.8) is 0 Å². The molecule has 0 spiro atoms. The second-order valence-corrected chi connectivity index (χ2v) is 13.3. The summed E-state index contributed by atoms with van der Waals surface area (Å²) in [4.78, 5) is 21.9. The number of carbonyl (C=O) groups excluding carboxylic acids is 1. The number of benzene rings is 3. The van der Waals surface area contributed by atoms with Crippen molar-refractivity contribution in [2.24, 2.45) is 10.9 Å². The van der Waals surface area contributed by atoms with E-state index >= 15 is 0 Å². The maximum atomic E-state index is 14.4. The molecule has 1 aliphatic carbocycles. The molecule has 10 heteroatoms. The van der Waals surface area contributed by atoms with Gasteiger partial charge in [0.15, 0.2) is 0 Å². The van der Waals surface area contributed by atoms with E-state index in [1.807, 2.05) is 19.2 Å². The summed E-state index contributed by atoms with van der Waals surface area (Å²) in [5.41, 5.74) is 2.70. The van der Waals surface area contributed by atoms with Crippen LogP contribution in [0.2, 0.25) is 0 Å². The van der Waals surface area contributed by atoms with Crippen LogP contribution in [-0.4, -0.2) is 63.6 Å². The first-order valence-corrected chi connectivity index (χ1v) is 16.8. The minimum Gasteiger partial charge on any atom is -0.497 e. The number of methoxy groups -OCH3 is 1. The Labute approximate surface area is 260 Å². The van der Waals surface area contributed by atoms with E-state index in [9.17, 15) is 17.6 Å². The smallest absolute Gasteiger partial charge is 0.264 e. The number of ether oxygens (including phenoxy) is 1. The van der Waals surface area contributed by atoms with Gasteiger partial charge in [-0.1, -0.05) is 43.9 Å². The summed E-state index contributed by atoms with van der Waals surface area (Å²) in [5.74, 6) is 0.420. The van der Waals surface area contributed by atoms with Gasteiger partial charge in [-0.05, 0) is 67.6 Å². The van der Waals surface area contributed by atoms with Gasteiger partial charge >= 0.3 is 0 Å². The Kier molecular flexibility index (Phi) is 10.3. The molecule has 1 saturated carbocycles. The second kappa shape index (κ2) is 14.3. The standard InChI is InChI=1S/C34H41FN4O4S/c1-25-8-7-11-32(33(25)36-23-26-9-5-3-4-6-10-26)44(41,42)37-29-15-12-27(13-16-29)34(40)39-20-18-38(19-21-39)24-28-14-17-30(43-2)22-31(28)35/h7-8,11-17,22-23,26,37H,3-6,9-10,18-21,24H2,1-2H3/b36-23-. The van der Waals surface area contributed by atoms with Crippen LogP contribution < -0.4 is 9.46 Å². The Bertz CT molecular complexity index is 1580. The van der Waals surface area contributed by atoms with E-state index in [2.05, 4.69) is 14.6 Å². The Morgan fingerprint density at radius 3 is 2.36 bits per heavy atom. The van der Waals surface area contributed by atoms with Crippen molar-refractivity contribution in [1.82, 2.24) is 9.80 Å². The number of nitrogens with one attached hydrogen (secondary N) is 1. The van der Waals surface area contributed by atoms with Gasteiger partial charge in [-0.2, -0.15) is 0 Å². The number of para-hydroxylation sites is 1. The van der Waals surface area contributed by atoms with Gasteiger partial charge < -0.3 is 9.64 Å². The molecule has 5 rings (SSSR count). The van der Waals surface area contributed by atoms with Crippen molar-refractivity contribution >= 4 is 33.5 Å². The van der Waals surface area contributed by atoms with E-state index < -0.39 is 10.0 Å². The molecule has 0 unspecified atom stereocenters. The number of nitrogens with zero attached hydrogens (tertiary/aromatic N) is 3. The minimum atomic E-state index is -3.92. The van der Waals surface area contributed by atoms with Gasteiger partial charge in [-0.15, -0.1) is 0 Å². The molecule has 2 aliphatic rings. The molecule has 0 radical (unpaired) electrons. The van der Waals surface area contributed by atoms with Gasteiger partial charge in [0.05, 0.1) is 12.8 Å². The van der Waals surface area contributed by atoms with Crippen LogP contribution in [-0.2, 0) is 16.6 Å². The number of sulfonamides is 1. The van der Waals surface area contributed by atoms with Crippen molar-refractivity contribution in [3.05, 3.63) is 83.2 Å². The van der Waals surface area contributed by atoms with Gasteiger partial charge in [0.25, 0.3) is 15.9 Å². The molecule has 0 aromatic heterocycles. The zero-order valence-electron chi connectivity index (χ0n) is 25.5. The number of piperazine rings is 1. The zero-order valence-corrected chi connectivity index (χ0v) is 26.3. The number of carbonyl (C=O) groups is 1. The van der Waals surface area contributed by atoms with E-state index in [-0.39, 0.29) is 16.6 Å². The Balaban J connectivity index is 1.20. The minimum absolute atomic E-state index is 0.122. The van der Waals surface area contributed by atoms with Crippen LogP contribution in [0.1, 0.15) is 60.0 Å². The lowest BCUT2D eigenvalue weighted by Gasteiger charge is -2.35. The zero-order chi connectivity index (χ0) is 31.1. The first-order chi connectivity index (χ1) is 21.2. The molecule has 1 saturated heterocycles. The number of amides is 1. The third-order valence-electron chi connectivity index (χ3n) is 8.50. The average Bonchev–Trinajstić information content (AvgIpc) is 3.30. The van der Waals surface area contributed by atoms with Gasteiger partial charge in [-0.3, -0.25) is 19.4 Å². The molecule has 1 amide bonds. The van der Waals surface area contributed by atoms with Crippen LogP contribution in [0.3, 0.4) is 0 Å². The van der Waals surface area contributed by atoms with Crippen LogP contribution in [0, 0.1) is 18.7 Å². The summed E-state index contributed by atoms with van der Waals surface area (Å²) < 4.78 is 49.1. The number of halogens is 1. The maximum Gasteiger partial charge on any atom is 0.264 e. The highest BCUT2D eigenvalue weighted by molar-refractivity contribution is 7.92. The molecule has 3 aromatic rings. The predicted molar refractivity (Wildman–Crippen MR) is 172 cm³/mol. The van der Waals surface area contributed by atoms with Gasteiger partial charge in [0, 0.05) is 61.8 Å². The summed E-state index contributed by atoms with van der Waals surface area (Å²) in [6, 6.07) is 16.5. The summed E-state index contributed by atoms with van der Waals surface area (Å²) in [7, 11) is -2.41. The number of hydrogen-bond donors (Lipinski definition) is 1. The molecule has 8 nitrogen and oxygen atoms in total. The third-order valence-corrected chi connectivity index (χ3v) is 9.92. The number of rotatable bonds is 9. The fourth-order valence-electron chi connectivity index (χ4n) is 5.86. The van der Waals surface area contributed by atoms with E-state index in [0.717, 1.165) is 18.4 Å². The molecule has 3 aromatic carbocycles. The average molecular weight is 621 g/mol. The quantitative estimate of drug-likeness (QED) is 0.216. The second-order valence-electron chi connectivity index (χ2n) is 11.7. The van der Waals surface area contributed by atoms with E-state index in [1.165, 1.54) is 38.9 Å². The fraction of sp³-hybridized carbons (Fsp3) is 0.412. The summed E-state index contributed by atoms with van der Waals surface area (Å²) in [6.07, 6.45) is 8.94. The first kappa shape index (κ1) is 31.7. The van der Waals surface area contributed by atoms with E-state index in [0.29, 0.717) is 66.9 Å². The molecule has 1 heterocycles. The van der Waals surface area contributed by atoms with E-state index in [4.69, 9.17) is 4.74 Å². The monoisotopic (exact) mass is 620 g/mol. The molecule has 0 bridgehead atoms. The van der Waals surface area contributed by atoms with Crippen LogP contribution in [0.4, 0.5) is 15.8 Å². The Morgan fingerprint density at radius 1 is 1.00 bits per heavy atom. The normalized spacial score (nSPS) is 17.0. The fourth-order valence-corrected chi connectivity index (χ4v) is 7.14. The topological polar surface area (TPSA) is 91.3 Å². The lowest BCUT2D eigenvalue weighted by Crippen LogP contribution is -2.48. The van der Waals surface area contributed by atoms with Gasteiger partial charge in [0.2, 0.25) is 0 Å². The lowest BCUT2D eigenvalue weighted by molar-refractivity contribution is 0.0627. The molecule has 234 valence electrons. The van der Waals surface area contributed by atoms with Crippen molar-refractivity contribution in [2.45, 2.75) is 56.9 Å². The van der Waals surface area contributed by atoms with Crippen molar-refractivity contribution in [1.29, 1.82) is 0 Å². The molecule has 1 N–H and O–H groups in total. The van der Waals surface area contributed by atoms with Gasteiger partial charge in [-0.25, -0.2) is 12.8 Å². The van der Waals surface area contributed by atoms with Crippen molar-refractivity contribution in [3.8, 4) is 5.75 Å². The number of aryl methyl sites for hydroxylation is 1. The van der Waals surface area contributed by atoms with Gasteiger partial charge in [0.1, 0.15) is 16.5 Å². The summed E-state index contributed by atoms with van der Waals surface area (Å²) in [5, 5.41) is 0. The number of anilines is 1. The molecule has 1 aliphatic heterocycles. The predicted octanol–water partition coefficient (Wildman–Crippen LogP) is 6.57. The Hall–Kier alpha value is -3.76. The van der Waals surface area contributed by atoms with Crippen LogP contribution in [0.5, 0.6) is 5.75 Å². The van der Waals surface area contributed by atoms with Crippen LogP contribution in [0.15, 0.2) is 70.6 Å². The molecule has 2 fully saturated rings. The highest BCUT2D eigenvalue weighted by Gasteiger charge is 2.24. The highest BCUT2D eigenvalue weighted by Crippen LogP contribution is 2.31. The van der Waals surface area contributed by atoms with Crippen LogP contribution >= 0.6 is 0 Å². The van der Waals surface area contributed by atoms with Crippen molar-refractivity contribution in [2.75, 3.05) is 38.0 Å². The van der Waals surface area contributed by atoms with Crippen LogP contribution in [0.25, 0.3) is 0 Å². The SMILES string of the molecule is COc1ccc(CN2CCN(C(=O)c3ccc(NS(=O)(=O)c4cccc(C)c4/N=C\C4CCCCCC4)cc3)CC2)c(F)c1. The summed E-state index contributed by atoms with van der Waals surface area (Å²) >= 11 is 0. The van der Waals surface area contributed by atoms with Crippen molar-refractivity contribution < 1.29 is 22.3 Å². The third kappa shape index (κ3) is 7.84. The highest BCUT2D eigenvalue weighted by atomic mass is 32.2.